The standard InChI is InChI=1S/C21H30N6/c1-25(2)21(23-16-18-7-5-4-6-8-18)24-17-19-9-10-22-20(15-19)27-13-11-26(3)12-14-27/h4-10,15H,11-14,16-17H2,1-3H3,(H,23,24). The van der Waals surface area contributed by atoms with Gasteiger partial charge in [0.2, 0.25) is 0 Å². The second-order valence-electron chi connectivity index (χ2n) is 7.19. The summed E-state index contributed by atoms with van der Waals surface area (Å²) in [6, 6.07) is 14.6. The van der Waals surface area contributed by atoms with Crippen molar-refractivity contribution >= 4 is 11.8 Å². The molecule has 1 N–H and O–H groups in total. The molecule has 1 aromatic carbocycles. The lowest BCUT2D eigenvalue weighted by Gasteiger charge is -2.33. The summed E-state index contributed by atoms with van der Waals surface area (Å²) in [5.41, 5.74) is 2.42. The molecule has 6 nitrogen and oxygen atoms in total. The first-order valence-electron chi connectivity index (χ1n) is 9.50. The van der Waals surface area contributed by atoms with Crippen molar-refractivity contribution in [1.29, 1.82) is 0 Å². The lowest BCUT2D eigenvalue weighted by atomic mass is 10.2. The van der Waals surface area contributed by atoms with Crippen LogP contribution in [0.1, 0.15) is 11.1 Å². The highest BCUT2D eigenvalue weighted by molar-refractivity contribution is 5.79. The maximum absolute atomic E-state index is 4.78. The van der Waals surface area contributed by atoms with Crippen molar-refractivity contribution in [3.05, 3.63) is 59.8 Å². The Labute approximate surface area is 162 Å². The van der Waals surface area contributed by atoms with Gasteiger partial charge in [-0.05, 0) is 30.3 Å². The highest BCUT2D eigenvalue weighted by Gasteiger charge is 2.15. The van der Waals surface area contributed by atoms with Crippen molar-refractivity contribution in [2.45, 2.75) is 13.1 Å². The maximum atomic E-state index is 4.78. The van der Waals surface area contributed by atoms with E-state index in [1.807, 2.05) is 37.3 Å². The molecule has 0 saturated carbocycles. The van der Waals surface area contributed by atoms with Gasteiger partial charge in [-0.25, -0.2) is 9.98 Å². The summed E-state index contributed by atoms with van der Waals surface area (Å²) in [4.78, 5) is 16.1. The summed E-state index contributed by atoms with van der Waals surface area (Å²) in [5, 5.41) is 3.43. The molecule has 6 heteroatoms. The number of anilines is 1. The number of likely N-dealkylation sites (N-methyl/N-ethyl adjacent to an activating group) is 1. The van der Waals surface area contributed by atoms with Crippen LogP contribution in [0.15, 0.2) is 53.7 Å². The summed E-state index contributed by atoms with van der Waals surface area (Å²) in [5.74, 6) is 1.94. The second-order valence-corrected chi connectivity index (χ2v) is 7.19. The fraction of sp³-hybridized carbons (Fsp3) is 0.429. The van der Waals surface area contributed by atoms with Crippen LogP contribution >= 0.6 is 0 Å². The number of aromatic nitrogens is 1. The molecule has 3 rings (SSSR count). The van der Waals surface area contributed by atoms with E-state index < -0.39 is 0 Å². The number of aliphatic imine (C=N–C) groups is 1. The van der Waals surface area contributed by atoms with Crippen LogP contribution < -0.4 is 10.2 Å². The number of nitrogens with zero attached hydrogens (tertiary/aromatic N) is 5. The lowest BCUT2D eigenvalue weighted by Crippen LogP contribution is -2.44. The monoisotopic (exact) mass is 366 g/mol. The number of nitrogens with one attached hydrogen (secondary N) is 1. The number of hydrogen-bond donors (Lipinski definition) is 1. The minimum atomic E-state index is 0.637. The zero-order valence-corrected chi connectivity index (χ0v) is 16.6. The van der Waals surface area contributed by atoms with Crippen LogP contribution in [-0.2, 0) is 13.1 Å². The molecule has 2 aromatic rings. The van der Waals surface area contributed by atoms with Gasteiger partial charge in [0.15, 0.2) is 5.96 Å². The van der Waals surface area contributed by atoms with Gasteiger partial charge in [0, 0.05) is 53.0 Å². The minimum absolute atomic E-state index is 0.637. The van der Waals surface area contributed by atoms with Gasteiger partial charge in [-0.1, -0.05) is 30.3 Å². The van der Waals surface area contributed by atoms with Crippen molar-refractivity contribution < 1.29 is 0 Å². The Hall–Kier alpha value is -2.60. The number of guanidine groups is 1. The molecule has 0 amide bonds. The van der Waals surface area contributed by atoms with Crippen LogP contribution in [0.5, 0.6) is 0 Å². The molecule has 1 aromatic heterocycles. The quantitative estimate of drug-likeness (QED) is 0.648. The molecular formula is C21H30N6. The van der Waals surface area contributed by atoms with Gasteiger partial charge in [0.25, 0.3) is 0 Å². The largest absolute Gasteiger partial charge is 0.354 e. The Morgan fingerprint density at radius 3 is 2.52 bits per heavy atom. The molecule has 0 unspecified atom stereocenters. The average Bonchev–Trinajstić information content (AvgIpc) is 2.69. The number of pyridine rings is 1. The SMILES string of the molecule is CN1CCN(c2cc(CN=C(NCc3ccccc3)N(C)C)ccn2)CC1. The Kier molecular flexibility index (Phi) is 6.65. The fourth-order valence-corrected chi connectivity index (χ4v) is 3.07. The molecule has 2 heterocycles. The normalized spacial score (nSPS) is 15.7. The maximum Gasteiger partial charge on any atom is 0.194 e. The Bertz CT molecular complexity index is 735. The minimum Gasteiger partial charge on any atom is -0.354 e. The van der Waals surface area contributed by atoms with Gasteiger partial charge in [0.1, 0.15) is 5.82 Å². The van der Waals surface area contributed by atoms with Crippen LogP contribution in [0.4, 0.5) is 5.82 Å². The van der Waals surface area contributed by atoms with E-state index >= 15 is 0 Å². The topological polar surface area (TPSA) is 47.0 Å². The molecule has 27 heavy (non-hydrogen) atoms. The van der Waals surface area contributed by atoms with Crippen molar-refractivity contribution in [2.75, 3.05) is 52.2 Å². The Morgan fingerprint density at radius 2 is 1.81 bits per heavy atom. The molecule has 0 aliphatic carbocycles. The summed E-state index contributed by atoms with van der Waals surface area (Å²) in [6.45, 7) is 5.62. The molecular weight excluding hydrogens is 336 g/mol. The van der Waals surface area contributed by atoms with Gasteiger partial charge in [-0.3, -0.25) is 0 Å². The van der Waals surface area contributed by atoms with Gasteiger partial charge < -0.3 is 20.0 Å². The molecule has 1 aliphatic rings. The van der Waals surface area contributed by atoms with Crippen molar-refractivity contribution in [1.82, 2.24) is 20.1 Å². The smallest absolute Gasteiger partial charge is 0.194 e. The number of rotatable bonds is 5. The van der Waals surface area contributed by atoms with Crippen molar-refractivity contribution in [2.24, 2.45) is 4.99 Å². The Balaban J connectivity index is 1.62. The summed E-state index contributed by atoms with van der Waals surface area (Å²) >= 11 is 0. The predicted molar refractivity (Wildman–Crippen MR) is 112 cm³/mol. The first-order valence-corrected chi connectivity index (χ1v) is 9.50. The highest BCUT2D eigenvalue weighted by Crippen LogP contribution is 2.15. The van der Waals surface area contributed by atoms with E-state index in [1.165, 1.54) is 11.1 Å². The van der Waals surface area contributed by atoms with Crippen LogP contribution in [0.3, 0.4) is 0 Å². The predicted octanol–water partition coefficient (Wildman–Crippen LogP) is 2.04. The van der Waals surface area contributed by atoms with E-state index in [2.05, 4.69) is 57.5 Å². The molecule has 144 valence electrons. The zero-order valence-electron chi connectivity index (χ0n) is 16.6. The van der Waals surface area contributed by atoms with Crippen molar-refractivity contribution in [3.8, 4) is 0 Å². The third-order valence-corrected chi connectivity index (χ3v) is 4.77. The third-order valence-electron chi connectivity index (χ3n) is 4.77. The zero-order chi connectivity index (χ0) is 19.1. The third kappa shape index (κ3) is 5.69. The van der Waals surface area contributed by atoms with Gasteiger partial charge in [-0.2, -0.15) is 0 Å². The van der Waals surface area contributed by atoms with E-state index in [-0.39, 0.29) is 0 Å². The summed E-state index contributed by atoms with van der Waals surface area (Å²) < 4.78 is 0. The highest BCUT2D eigenvalue weighted by atomic mass is 15.3. The molecule has 0 spiro atoms. The van der Waals surface area contributed by atoms with Crippen LogP contribution in [-0.4, -0.2) is 68.1 Å². The number of benzene rings is 1. The average molecular weight is 367 g/mol. The van der Waals surface area contributed by atoms with Gasteiger partial charge >= 0.3 is 0 Å². The van der Waals surface area contributed by atoms with Crippen LogP contribution in [0, 0.1) is 0 Å². The first kappa shape index (κ1) is 19.2. The van der Waals surface area contributed by atoms with Gasteiger partial charge in [0.05, 0.1) is 6.54 Å². The Morgan fingerprint density at radius 1 is 1.07 bits per heavy atom. The molecule has 0 atom stereocenters. The van der Waals surface area contributed by atoms with Crippen molar-refractivity contribution in [3.63, 3.8) is 0 Å². The number of hydrogen-bond acceptors (Lipinski definition) is 4. The molecule has 1 fully saturated rings. The van der Waals surface area contributed by atoms with Gasteiger partial charge in [-0.15, -0.1) is 0 Å². The van der Waals surface area contributed by atoms with E-state index in [9.17, 15) is 0 Å². The van der Waals surface area contributed by atoms with Crippen LogP contribution in [0.25, 0.3) is 0 Å². The molecule has 1 saturated heterocycles. The first-order chi connectivity index (χ1) is 13.1. The number of piperazine rings is 1. The molecule has 1 aliphatic heterocycles. The summed E-state index contributed by atoms with van der Waals surface area (Å²) in [7, 11) is 6.19. The van der Waals surface area contributed by atoms with Crippen LogP contribution in [0.2, 0.25) is 0 Å². The van der Waals surface area contributed by atoms with E-state index in [4.69, 9.17) is 4.99 Å². The fourth-order valence-electron chi connectivity index (χ4n) is 3.07. The van der Waals surface area contributed by atoms with E-state index in [0.717, 1.165) is 44.5 Å². The second kappa shape index (κ2) is 9.37. The lowest BCUT2D eigenvalue weighted by molar-refractivity contribution is 0.312. The van der Waals surface area contributed by atoms with E-state index in [0.29, 0.717) is 6.54 Å². The summed E-state index contributed by atoms with van der Waals surface area (Å²) in [6.07, 6.45) is 1.89. The van der Waals surface area contributed by atoms with E-state index in [1.54, 1.807) is 0 Å². The molecule has 0 bridgehead atoms. The molecule has 0 radical (unpaired) electrons.